The van der Waals surface area contributed by atoms with Gasteiger partial charge in [0.05, 0.1) is 0 Å². The lowest BCUT2D eigenvalue weighted by Gasteiger charge is -2.09. The lowest BCUT2D eigenvalue weighted by atomic mass is 9.94. The van der Waals surface area contributed by atoms with E-state index in [1.807, 2.05) is 37.3 Å². The summed E-state index contributed by atoms with van der Waals surface area (Å²) in [6.07, 6.45) is 1.90. The molecule has 1 heteroatoms. The van der Waals surface area contributed by atoms with Gasteiger partial charge < -0.3 is 0 Å². The number of ketones is 1. The molecule has 0 heterocycles. The van der Waals surface area contributed by atoms with E-state index in [0.717, 1.165) is 29.5 Å². The number of carbonyl (C=O) groups is 1. The number of hydrogen-bond donors (Lipinski definition) is 0. The van der Waals surface area contributed by atoms with E-state index in [4.69, 9.17) is 0 Å². The van der Waals surface area contributed by atoms with Crippen molar-refractivity contribution in [3.05, 3.63) is 70.3 Å². The van der Waals surface area contributed by atoms with Gasteiger partial charge >= 0.3 is 0 Å². The molecular weight excluding hydrogens is 232 g/mol. The summed E-state index contributed by atoms with van der Waals surface area (Å²) >= 11 is 0. The maximum absolute atomic E-state index is 12.5. The van der Waals surface area contributed by atoms with Crippen molar-refractivity contribution in [3.63, 3.8) is 0 Å². The standard InChI is InChI=1S/C18H20O/c1-4-14-8-11-17(15(5-2)12-14)18(19)16-9-6-13(3)7-10-16/h6-12H,4-5H2,1-3H3. The SMILES string of the molecule is CCc1ccc(C(=O)c2ccc(C)cc2)c(CC)c1. The molecule has 2 rings (SSSR count). The molecule has 0 fully saturated rings. The van der Waals surface area contributed by atoms with Crippen LogP contribution in [0, 0.1) is 6.92 Å². The molecule has 0 atom stereocenters. The van der Waals surface area contributed by atoms with Crippen LogP contribution in [0.25, 0.3) is 0 Å². The molecule has 0 aromatic heterocycles. The summed E-state index contributed by atoms with van der Waals surface area (Å²) in [6, 6.07) is 14.0. The van der Waals surface area contributed by atoms with Gasteiger partial charge in [0, 0.05) is 11.1 Å². The van der Waals surface area contributed by atoms with Gasteiger partial charge in [0.15, 0.2) is 5.78 Å². The first-order valence-electron chi connectivity index (χ1n) is 6.88. The molecule has 0 bridgehead atoms. The fourth-order valence-electron chi connectivity index (χ4n) is 2.24. The Morgan fingerprint density at radius 1 is 0.947 bits per heavy atom. The van der Waals surface area contributed by atoms with Crippen molar-refractivity contribution in [2.24, 2.45) is 0 Å². The molecule has 2 aromatic carbocycles. The summed E-state index contributed by atoms with van der Waals surface area (Å²) in [5, 5.41) is 0. The fourth-order valence-corrected chi connectivity index (χ4v) is 2.24. The zero-order chi connectivity index (χ0) is 13.8. The molecule has 0 saturated heterocycles. The van der Waals surface area contributed by atoms with E-state index in [2.05, 4.69) is 26.0 Å². The molecule has 0 radical (unpaired) electrons. The second kappa shape index (κ2) is 5.83. The highest BCUT2D eigenvalue weighted by molar-refractivity contribution is 6.10. The first-order valence-corrected chi connectivity index (χ1v) is 6.88. The third kappa shape index (κ3) is 2.93. The van der Waals surface area contributed by atoms with Crippen LogP contribution in [0.2, 0.25) is 0 Å². The Bertz CT molecular complexity index is 579. The fraction of sp³-hybridized carbons (Fsp3) is 0.278. The Labute approximate surface area is 115 Å². The first-order chi connectivity index (χ1) is 9.15. The maximum Gasteiger partial charge on any atom is 0.193 e. The number of rotatable bonds is 4. The summed E-state index contributed by atoms with van der Waals surface area (Å²) < 4.78 is 0. The third-order valence-electron chi connectivity index (χ3n) is 3.52. The van der Waals surface area contributed by atoms with Gasteiger partial charge in [-0.25, -0.2) is 0 Å². The summed E-state index contributed by atoms with van der Waals surface area (Å²) in [6.45, 7) is 6.26. The summed E-state index contributed by atoms with van der Waals surface area (Å²) in [5.74, 6) is 0.125. The van der Waals surface area contributed by atoms with Crippen LogP contribution in [0.1, 0.15) is 46.5 Å². The van der Waals surface area contributed by atoms with E-state index >= 15 is 0 Å². The van der Waals surface area contributed by atoms with Crippen molar-refractivity contribution < 1.29 is 4.79 Å². The molecule has 0 unspecified atom stereocenters. The van der Waals surface area contributed by atoms with Crippen molar-refractivity contribution in [2.75, 3.05) is 0 Å². The van der Waals surface area contributed by atoms with Gasteiger partial charge in [0.2, 0.25) is 0 Å². The quantitative estimate of drug-likeness (QED) is 0.739. The summed E-state index contributed by atoms with van der Waals surface area (Å²) in [4.78, 5) is 12.5. The highest BCUT2D eigenvalue weighted by Crippen LogP contribution is 2.18. The van der Waals surface area contributed by atoms with E-state index in [1.165, 1.54) is 11.1 Å². The molecular formula is C18H20O. The molecule has 0 amide bonds. The van der Waals surface area contributed by atoms with Crippen LogP contribution in [0.5, 0.6) is 0 Å². The van der Waals surface area contributed by atoms with Crippen molar-refractivity contribution in [1.29, 1.82) is 0 Å². The number of benzene rings is 2. The molecule has 0 aliphatic heterocycles. The minimum Gasteiger partial charge on any atom is -0.289 e. The number of hydrogen-bond acceptors (Lipinski definition) is 1. The number of aryl methyl sites for hydroxylation is 3. The van der Waals surface area contributed by atoms with Crippen LogP contribution in [0.15, 0.2) is 42.5 Å². The molecule has 0 aliphatic rings. The van der Waals surface area contributed by atoms with Crippen molar-refractivity contribution in [1.82, 2.24) is 0 Å². The van der Waals surface area contributed by atoms with Gasteiger partial charge in [-0.2, -0.15) is 0 Å². The van der Waals surface area contributed by atoms with E-state index in [-0.39, 0.29) is 5.78 Å². The minimum atomic E-state index is 0.125. The molecule has 19 heavy (non-hydrogen) atoms. The van der Waals surface area contributed by atoms with Crippen LogP contribution in [-0.4, -0.2) is 5.78 Å². The van der Waals surface area contributed by atoms with Gasteiger partial charge in [0.1, 0.15) is 0 Å². The van der Waals surface area contributed by atoms with Crippen LogP contribution >= 0.6 is 0 Å². The first kappa shape index (κ1) is 13.5. The minimum absolute atomic E-state index is 0.125. The van der Waals surface area contributed by atoms with Crippen LogP contribution in [-0.2, 0) is 12.8 Å². The van der Waals surface area contributed by atoms with E-state index in [9.17, 15) is 4.79 Å². The maximum atomic E-state index is 12.5. The average Bonchev–Trinajstić information content (AvgIpc) is 2.46. The Hall–Kier alpha value is -1.89. The van der Waals surface area contributed by atoms with Gasteiger partial charge in [0.25, 0.3) is 0 Å². The highest BCUT2D eigenvalue weighted by Gasteiger charge is 2.12. The lowest BCUT2D eigenvalue weighted by molar-refractivity contribution is 0.103. The smallest absolute Gasteiger partial charge is 0.193 e. The molecule has 1 nitrogen and oxygen atoms in total. The van der Waals surface area contributed by atoms with Gasteiger partial charge in [-0.1, -0.05) is 61.9 Å². The summed E-state index contributed by atoms with van der Waals surface area (Å²) in [7, 11) is 0. The second-order valence-corrected chi connectivity index (χ2v) is 4.89. The van der Waals surface area contributed by atoms with Crippen LogP contribution in [0.3, 0.4) is 0 Å². The molecule has 0 saturated carbocycles. The molecule has 2 aromatic rings. The van der Waals surface area contributed by atoms with Crippen molar-refractivity contribution in [3.8, 4) is 0 Å². The molecule has 0 aliphatic carbocycles. The monoisotopic (exact) mass is 252 g/mol. The van der Waals surface area contributed by atoms with Crippen molar-refractivity contribution in [2.45, 2.75) is 33.6 Å². The molecule has 0 N–H and O–H groups in total. The van der Waals surface area contributed by atoms with E-state index in [1.54, 1.807) is 0 Å². The largest absolute Gasteiger partial charge is 0.289 e. The lowest BCUT2D eigenvalue weighted by Crippen LogP contribution is -2.05. The molecule has 98 valence electrons. The van der Waals surface area contributed by atoms with Crippen molar-refractivity contribution >= 4 is 5.78 Å². The Morgan fingerprint density at radius 2 is 1.63 bits per heavy atom. The Balaban J connectivity index is 2.40. The van der Waals surface area contributed by atoms with E-state index < -0.39 is 0 Å². The van der Waals surface area contributed by atoms with Gasteiger partial charge in [-0.15, -0.1) is 0 Å². The topological polar surface area (TPSA) is 17.1 Å². The van der Waals surface area contributed by atoms with Gasteiger partial charge in [-0.3, -0.25) is 4.79 Å². The summed E-state index contributed by atoms with van der Waals surface area (Å²) in [5.41, 5.74) is 5.21. The predicted octanol–water partition coefficient (Wildman–Crippen LogP) is 4.35. The normalized spacial score (nSPS) is 10.5. The Kier molecular flexibility index (Phi) is 4.16. The zero-order valence-electron chi connectivity index (χ0n) is 11.9. The number of carbonyl (C=O) groups excluding carboxylic acids is 1. The highest BCUT2D eigenvalue weighted by atomic mass is 16.1. The predicted molar refractivity (Wildman–Crippen MR) is 79.8 cm³/mol. The van der Waals surface area contributed by atoms with Gasteiger partial charge in [-0.05, 0) is 30.9 Å². The Morgan fingerprint density at radius 3 is 2.21 bits per heavy atom. The van der Waals surface area contributed by atoms with E-state index in [0.29, 0.717) is 0 Å². The third-order valence-corrected chi connectivity index (χ3v) is 3.52. The van der Waals surface area contributed by atoms with Crippen LogP contribution < -0.4 is 0 Å². The average molecular weight is 252 g/mol. The second-order valence-electron chi connectivity index (χ2n) is 4.89. The molecule has 0 spiro atoms. The van der Waals surface area contributed by atoms with Crippen LogP contribution in [0.4, 0.5) is 0 Å². The zero-order valence-corrected chi connectivity index (χ0v) is 11.9.